The molecule has 0 aromatic carbocycles. The Balaban J connectivity index is 2.20. The molecule has 0 radical (unpaired) electrons. The third-order valence-corrected chi connectivity index (χ3v) is 3.91. The van der Waals surface area contributed by atoms with Crippen molar-refractivity contribution in [2.75, 3.05) is 20.8 Å². The van der Waals surface area contributed by atoms with Crippen LogP contribution in [0.15, 0.2) is 0 Å². The van der Waals surface area contributed by atoms with Crippen LogP contribution in [0.2, 0.25) is 0 Å². The van der Waals surface area contributed by atoms with E-state index in [9.17, 15) is 4.79 Å². The molecule has 1 aliphatic rings. The van der Waals surface area contributed by atoms with Crippen LogP contribution in [0.1, 0.15) is 51.9 Å². The lowest BCUT2D eigenvalue weighted by Gasteiger charge is -2.27. The van der Waals surface area contributed by atoms with Gasteiger partial charge in [-0.1, -0.05) is 19.3 Å². The highest BCUT2D eigenvalue weighted by molar-refractivity contribution is 5.80. The molecule has 1 aliphatic carbocycles. The molecule has 106 valence electrons. The highest BCUT2D eigenvalue weighted by Crippen LogP contribution is 2.21. The predicted molar refractivity (Wildman–Crippen MR) is 71.5 cm³/mol. The number of ether oxygens (including phenoxy) is 2. The van der Waals surface area contributed by atoms with Crippen molar-refractivity contribution in [2.24, 2.45) is 0 Å². The Hall–Kier alpha value is -0.610. The minimum absolute atomic E-state index is 0.206. The molecule has 1 saturated carbocycles. The van der Waals surface area contributed by atoms with Crippen molar-refractivity contribution in [1.29, 1.82) is 0 Å². The Morgan fingerprint density at radius 3 is 2.56 bits per heavy atom. The molecule has 1 rings (SSSR count). The Morgan fingerprint density at radius 1 is 1.33 bits per heavy atom. The van der Waals surface area contributed by atoms with E-state index < -0.39 is 5.54 Å². The van der Waals surface area contributed by atoms with E-state index in [0.717, 1.165) is 19.4 Å². The topological polar surface area (TPSA) is 47.6 Å². The molecule has 1 atom stereocenters. The standard InChI is InChI=1S/C14H27NO3/c1-14(15-2,13(16)17-3)10-7-11-18-12-8-5-4-6-9-12/h12,15H,4-11H2,1-3H3. The highest BCUT2D eigenvalue weighted by Gasteiger charge is 2.31. The molecule has 0 aliphatic heterocycles. The lowest BCUT2D eigenvalue weighted by molar-refractivity contribution is -0.148. The normalized spacial score (nSPS) is 20.4. The van der Waals surface area contributed by atoms with E-state index in [0.29, 0.717) is 6.10 Å². The van der Waals surface area contributed by atoms with Crippen molar-refractivity contribution >= 4 is 5.97 Å². The summed E-state index contributed by atoms with van der Waals surface area (Å²) in [7, 11) is 3.22. The largest absolute Gasteiger partial charge is 0.468 e. The number of rotatable bonds is 7. The van der Waals surface area contributed by atoms with Gasteiger partial charge in [0.25, 0.3) is 0 Å². The molecule has 4 nitrogen and oxygen atoms in total. The first-order valence-electron chi connectivity index (χ1n) is 7.01. The second kappa shape index (κ2) is 7.74. The van der Waals surface area contributed by atoms with Gasteiger partial charge in [-0.3, -0.25) is 4.79 Å². The third-order valence-electron chi connectivity index (χ3n) is 3.91. The van der Waals surface area contributed by atoms with Crippen LogP contribution in [0, 0.1) is 0 Å². The van der Waals surface area contributed by atoms with Gasteiger partial charge in [-0.25, -0.2) is 0 Å². The number of hydrogen-bond donors (Lipinski definition) is 1. The molecule has 0 heterocycles. The minimum Gasteiger partial charge on any atom is -0.468 e. The van der Waals surface area contributed by atoms with Gasteiger partial charge in [0, 0.05) is 6.61 Å². The third kappa shape index (κ3) is 4.58. The van der Waals surface area contributed by atoms with E-state index >= 15 is 0 Å². The fourth-order valence-electron chi connectivity index (χ4n) is 2.46. The lowest BCUT2D eigenvalue weighted by atomic mass is 9.96. The zero-order valence-electron chi connectivity index (χ0n) is 12.0. The van der Waals surface area contributed by atoms with E-state index in [2.05, 4.69) is 5.32 Å². The Morgan fingerprint density at radius 2 is 2.00 bits per heavy atom. The van der Waals surface area contributed by atoms with E-state index in [4.69, 9.17) is 9.47 Å². The summed E-state index contributed by atoms with van der Waals surface area (Å²) < 4.78 is 10.7. The number of nitrogens with one attached hydrogen (secondary N) is 1. The van der Waals surface area contributed by atoms with Crippen molar-refractivity contribution in [3.63, 3.8) is 0 Å². The lowest BCUT2D eigenvalue weighted by Crippen LogP contribution is -2.48. The quantitative estimate of drug-likeness (QED) is 0.561. The molecule has 0 amide bonds. The average molecular weight is 257 g/mol. The summed E-state index contributed by atoms with van der Waals surface area (Å²) in [5.74, 6) is -0.206. The second-order valence-electron chi connectivity index (χ2n) is 5.31. The molecule has 0 aromatic rings. The number of carbonyl (C=O) groups is 1. The summed E-state index contributed by atoms with van der Waals surface area (Å²) in [5, 5.41) is 3.04. The number of hydrogen-bond acceptors (Lipinski definition) is 4. The first-order valence-corrected chi connectivity index (χ1v) is 7.01. The maximum atomic E-state index is 11.6. The first kappa shape index (κ1) is 15.4. The molecule has 0 bridgehead atoms. The maximum Gasteiger partial charge on any atom is 0.325 e. The van der Waals surface area contributed by atoms with Crippen LogP contribution >= 0.6 is 0 Å². The molecule has 1 N–H and O–H groups in total. The van der Waals surface area contributed by atoms with E-state index in [-0.39, 0.29) is 5.97 Å². The molecule has 0 aromatic heterocycles. The fraction of sp³-hybridized carbons (Fsp3) is 0.929. The van der Waals surface area contributed by atoms with Gasteiger partial charge in [0.2, 0.25) is 0 Å². The average Bonchev–Trinajstić information content (AvgIpc) is 2.43. The molecular formula is C14H27NO3. The van der Waals surface area contributed by atoms with Crippen LogP contribution in [-0.2, 0) is 14.3 Å². The number of methoxy groups -OCH3 is 1. The molecule has 1 fully saturated rings. The Bertz CT molecular complexity index is 251. The van der Waals surface area contributed by atoms with Crippen LogP contribution in [0.3, 0.4) is 0 Å². The van der Waals surface area contributed by atoms with Crippen molar-refractivity contribution in [3.8, 4) is 0 Å². The summed E-state index contributed by atoms with van der Waals surface area (Å²) in [4.78, 5) is 11.6. The van der Waals surface area contributed by atoms with Crippen LogP contribution in [0.5, 0.6) is 0 Å². The first-order chi connectivity index (χ1) is 8.62. The fourth-order valence-corrected chi connectivity index (χ4v) is 2.46. The van der Waals surface area contributed by atoms with Crippen molar-refractivity contribution in [1.82, 2.24) is 5.32 Å². The molecular weight excluding hydrogens is 230 g/mol. The van der Waals surface area contributed by atoms with Crippen LogP contribution in [0.25, 0.3) is 0 Å². The molecule has 0 spiro atoms. The van der Waals surface area contributed by atoms with Gasteiger partial charge in [-0.05, 0) is 39.7 Å². The summed E-state index contributed by atoms with van der Waals surface area (Å²) in [5.41, 5.74) is -0.593. The van der Waals surface area contributed by atoms with Gasteiger partial charge in [0.05, 0.1) is 13.2 Å². The van der Waals surface area contributed by atoms with Crippen LogP contribution in [-0.4, -0.2) is 38.4 Å². The number of carbonyl (C=O) groups excluding carboxylic acids is 1. The molecule has 18 heavy (non-hydrogen) atoms. The van der Waals surface area contributed by atoms with Gasteiger partial charge in [-0.2, -0.15) is 0 Å². The van der Waals surface area contributed by atoms with Gasteiger partial charge >= 0.3 is 5.97 Å². The van der Waals surface area contributed by atoms with Gasteiger partial charge in [-0.15, -0.1) is 0 Å². The van der Waals surface area contributed by atoms with Crippen molar-refractivity contribution in [2.45, 2.75) is 63.5 Å². The van der Waals surface area contributed by atoms with E-state index in [1.165, 1.54) is 39.2 Å². The van der Waals surface area contributed by atoms with Gasteiger partial charge < -0.3 is 14.8 Å². The number of esters is 1. The molecule has 4 heteroatoms. The van der Waals surface area contributed by atoms with Crippen molar-refractivity contribution < 1.29 is 14.3 Å². The molecule has 1 unspecified atom stereocenters. The van der Waals surface area contributed by atoms with E-state index in [1.807, 2.05) is 6.92 Å². The minimum atomic E-state index is -0.593. The summed E-state index contributed by atoms with van der Waals surface area (Å²) in [6, 6.07) is 0. The predicted octanol–water partition coefficient (Wildman–Crippen LogP) is 2.27. The summed E-state index contributed by atoms with van der Waals surface area (Å²) in [6.07, 6.45) is 8.38. The number of likely N-dealkylation sites (N-methyl/N-ethyl adjacent to an activating group) is 1. The van der Waals surface area contributed by atoms with Gasteiger partial charge in [0.15, 0.2) is 0 Å². The monoisotopic (exact) mass is 257 g/mol. The van der Waals surface area contributed by atoms with Gasteiger partial charge in [0.1, 0.15) is 5.54 Å². The van der Waals surface area contributed by atoms with E-state index in [1.54, 1.807) is 7.05 Å². The SMILES string of the molecule is CNC(C)(CCCOC1CCCCC1)C(=O)OC. The smallest absolute Gasteiger partial charge is 0.325 e. The second-order valence-corrected chi connectivity index (χ2v) is 5.31. The molecule has 0 saturated heterocycles. The summed E-state index contributed by atoms with van der Waals surface area (Å²) in [6.45, 7) is 2.61. The highest BCUT2D eigenvalue weighted by atomic mass is 16.5. The Kier molecular flexibility index (Phi) is 6.65. The Labute approximate surface area is 110 Å². The van der Waals surface area contributed by atoms with Crippen LogP contribution < -0.4 is 5.32 Å². The summed E-state index contributed by atoms with van der Waals surface area (Å²) >= 11 is 0. The zero-order valence-corrected chi connectivity index (χ0v) is 12.0. The zero-order chi connectivity index (χ0) is 13.4. The van der Waals surface area contributed by atoms with Crippen LogP contribution in [0.4, 0.5) is 0 Å². The van der Waals surface area contributed by atoms with Crippen molar-refractivity contribution in [3.05, 3.63) is 0 Å². The maximum absolute atomic E-state index is 11.6.